The highest BCUT2D eigenvalue weighted by Crippen LogP contribution is 2.21. The van der Waals surface area contributed by atoms with Crippen molar-refractivity contribution in [3.05, 3.63) is 75.8 Å². The number of nitrogens with zero attached hydrogens (tertiary/aromatic N) is 1. The molecule has 0 bridgehead atoms. The molecule has 8 nitrogen and oxygen atoms in total. The Balaban J connectivity index is 2.00. The summed E-state index contributed by atoms with van der Waals surface area (Å²) in [4.78, 5) is 46.5. The maximum atomic E-state index is 12.8. The van der Waals surface area contributed by atoms with E-state index in [4.69, 9.17) is 9.47 Å². The molecule has 0 aromatic heterocycles. The Bertz CT molecular complexity index is 884. The lowest BCUT2D eigenvalue weighted by atomic mass is 10.1. The number of ether oxygens (including phenoxy) is 2. The standard InChI is InChI=1S/C21H21NO7S/c1-15(23)28-12-5-13-30-20(19(24)17-6-3-2-4-7-17)21(25)29-14-16-8-10-18(11-9-16)22(26)27/h2-4,6-11,20H,5,12-14H2,1H3. The van der Waals surface area contributed by atoms with Gasteiger partial charge in [0.1, 0.15) is 6.61 Å². The third-order valence-electron chi connectivity index (χ3n) is 3.92. The van der Waals surface area contributed by atoms with Crippen LogP contribution in [0.25, 0.3) is 0 Å². The molecule has 0 fully saturated rings. The van der Waals surface area contributed by atoms with Crippen LogP contribution in [0.1, 0.15) is 29.3 Å². The average Bonchev–Trinajstić information content (AvgIpc) is 2.74. The minimum Gasteiger partial charge on any atom is -0.466 e. The molecule has 0 N–H and O–H groups in total. The number of rotatable bonds is 11. The van der Waals surface area contributed by atoms with Crippen molar-refractivity contribution in [3.8, 4) is 0 Å². The SMILES string of the molecule is CC(=O)OCCCSC(C(=O)OCc1ccc([N+](=O)[O-])cc1)C(=O)c1ccccc1. The summed E-state index contributed by atoms with van der Waals surface area (Å²) in [5, 5.41) is 9.65. The van der Waals surface area contributed by atoms with E-state index in [9.17, 15) is 24.5 Å². The summed E-state index contributed by atoms with van der Waals surface area (Å²) >= 11 is 1.12. The number of Topliss-reactive ketones (excluding diaryl/α,β-unsaturated/α-hetero) is 1. The smallest absolute Gasteiger partial charge is 0.327 e. The van der Waals surface area contributed by atoms with E-state index in [-0.39, 0.29) is 30.7 Å². The zero-order valence-corrected chi connectivity index (χ0v) is 17.1. The highest BCUT2D eigenvalue weighted by molar-refractivity contribution is 8.01. The first-order valence-electron chi connectivity index (χ1n) is 9.12. The summed E-state index contributed by atoms with van der Waals surface area (Å²) in [7, 11) is 0. The van der Waals surface area contributed by atoms with Gasteiger partial charge >= 0.3 is 11.9 Å². The largest absolute Gasteiger partial charge is 0.466 e. The number of hydrogen-bond donors (Lipinski definition) is 0. The maximum absolute atomic E-state index is 12.8. The summed E-state index contributed by atoms with van der Waals surface area (Å²) < 4.78 is 10.2. The quantitative estimate of drug-likeness (QED) is 0.132. The van der Waals surface area contributed by atoms with E-state index >= 15 is 0 Å². The van der Waals surface area contributed by atoms with Gasteiger partial charge in [0.25, 0.3) is 5.69 Å². The van der Waals surface area contributed by atoms with Crippen molar-refractivity contribution in [2.75, 3.05) is 12.4 Å². The van der Waals surface area contributed by atoms with Crippen molar-refractivity contribution in [1.82, 2.24) is 0 Å². The van der Waals surface area contributed by atoms with Crippen LogP contribution < -0.4 is 0 Å². The molecule has 0 aliphatic carbocycles. The van der Waals surface area contributed by atoms with Crippen molar-refractivity contribution in [3.63, 3.8) is 0 Å². The molecule has 2 aromatic rings. The molecule has 0 saturated heterocycles. The first-order chi connectivity index (χ1) is 14.4. The zero-order chi connectivity index (χ0) is 21.9. The number of carbonyl (C=O) groups is 3. The fraction of sp³-hybridized carbons (Fsp3) is 0.286. The monoisotopic (exact) mass is 431 g/mol. The molecule has 0 aliphatic rings. The molecule has 0 spiro atoms. The number of nitro groups is 1. The highest BCUT2D eigenvalue weighted by Gasteiger charge is 2.29. The predicted octanol–water partition coefficient (Wildman–Crippen LogP) is 3.58. The van der Waals surface area contributed by atoms with Gasteiger partial charge in [0.2, 0.25) is 0 Å². The number of non-ortho nitro benzene ring substituents is 1. The molecule has 2 aromatic carbocycles. The minimum absolute atomic E-state index is 0.0643. The number of hydrogen-bond acceptors (Lipinski definition) is 8. The van der Waals surface area contributed by atoms with E-state index in [1.165, 1.54) is 31.2 Å². The van der Waals surface area contributed by atoms with Gasteiger partial charge in [-0.25, -0.2) is 0 Å². The molecule has 0 aliphatic heterocycles. The molecule has 0 heterocycles. The number of benzene rings is 2. The molecule has 2 rings (SSSR count). The van der Waals surface area contributed by atoms with Crippen molar-refractivity contribution >= 4 is 35.2 Å². The van der Waals surface area contributed by atoms with E-state index in [1.807, 2.05) is 0 Å². The van der Waals surface area contributed by atoms with Gasteiger partial charge in [-0.1, -0.05) is 30.3 Å². The third kappa shape index (κ3) is 7.32. The fourth-order valence-electron chi connectivity index (χ4n) is 2.42. The molecule has 0 radical (unpaired) electrons. The third-order valence-corrected chi connectivity index (χ3v) is 5.18. The fourth-order valence-corrected chi connectivity index (χ4v) is 3.44. The normalized spacial score (nSPS) is 11.4. The summed E-state index contributed by atoms with van der Waals surface area (Å²) in [5.41, 5.74) is 0.896. The summed E-state index contributed by atoms with van der Waals surface area (Å²) in [6.45, 7) is 1.40. The molecule has 1 atom stereocenters. The van der Waals surface area contributed by atoms with Gasteiger partial charge in [0, 0.05) is 24.6 Å². The molecule has 30 heavy (non-hydrogen) atoms. The second kappa shape index (κ2) is 11.7. The Morgan fingerprint density at radius 2 is 1.70 bits per heavy atom. The number of carbonyl (C=O) groups excluding carboxylic acids is 3. The molecule has 158 valence electrons. The van der Waals surface area contributed by atoms with Gasteiger partial charge in [-0.15, -0.1) is 11.8 Å². The Labute approximate surface area is 177 Å². The second-order valence-electron chi connectivity index (χ2n) is 6.21. The van der Waals surface area contributed by atoms with Crippen LogP contribution in [0.3, 0.4) is 0 Å². The van der Waals surface area contributed by atoms with Crippen LogP contribution in [0, 0.1) is 10.1 Å². The van der Waals surface area contributed by atoms with Crippen LogP contribution in [0.2, 0.25) is 0 Å². The number of thioether (sulfide) groups is 1. The Morgan fingerprint density at radius 3 is 2.30 bits per heavy atom. The van der Waals surface area contributed by atoms with Gasteiger partial charge in [-0.05, 0) is 29.9 Å². The molecular weight excluding hydrogens is 410 g/mol. The topological polar surface area (TPSA) is 113 Å². The van der Waals surface area contributed by atoms with Crippen LogP contribution in [0.15, 0.2) is 54.6 Å². The first kappa shape index (κ1) is 23.1. The van der Waals surface area contributed by atoms with Crippen LogP contribution >= 0.6 is 11.8 Å². The second-order valence-corrected chi connectivity index (χ2v) is 7.42. The highest BCUT2D eigenvalue weighted by atomic mass is 32.2. The average molecular weight is 431 g/mol. The summed E-state index contributed by atoms with van der Waals surface area (Å²) in [5.74, 6) is -1.04. The predicted molar refractivity (Wildman–Crippen MR) is 111 cm³/mol. The Morgan fingerprint density at radius 1 is 1.03 bits per heavy atom. The van der Waals surface area contributed by atoms with Crippen molar-refractivity contribution < 1.29 is 28.8 Å². The zero-order valence-electron chi connectivity index (χ0n) is 16.3. The van der Waals surface area contributed by atoms with Crippen molar-refractivity contribution in [2.24, 2.45) is 0 Å². The lowest BCUT2D eigenvalue weighted by molar-refractivity contribution is -0.384. The van der Waals surface area contributed by atoms with Crippen molar-refractivity contribution in [1.29, 1.82) is 0 Å². The van der Waals surface area contributed by atoms with E-state index in [2.05, 4.69) is 0 Å². The number of ketones is 1. The van der Waals surface area contributed by atoms with E-state index < -0.39 is 16.1 Å². The van der Waals surface area contributed by atoms with Crippen LogP contribution in [-0.4, -0.2) is 40.3 Å². The lowest BCUT2D eigenvalue weighted by Crippen LogP contribution is -2.29. The first-order valence-corrected chi connectivity index (χ1v) is 10.2. The van der Waals surface area contributed by atoms with E-state index in [0.29, 0.717) is 23.3 Å². The molecule has 0 saturated carbocycles. The van der Waals surface area contributed by atoms with Crippen LogP contribution in [0.5, 0.6) is 0 Å². The molecule has 0 amide bonds. The van der Waals surface area contributed by atoms with E-state index in [0.717, 1.165) is 11.8 Å². The van der Waals surface area contributed by atoms with E-state index in [1.54, 1.807) is 30.3 Å². The molecular formula is C21H21NO7S. The van der Waals surface area contributed by atoms with Crippen LogP contribution in [0.4, 0.5) is 5.69 Å². The van der Waals surface area contributed by atoms with Crippen LogP contribution in [-0.2, 0) is 25.7 Å². The summed E-state index contributed by atoms with van der Waals surface area (Å²) in [6, 6.07) is 14.0. The molecule has 9 heteroatoms. The minimum atomic E-state index is -1.07. The lowest BCUT2D eigenvalue weighted by Gasteiger charge is -2.15. The number of esters is 2. The maximum Gasteiger partial charge on any atom is 0.327 e. The summed E-state index contributed by atoms with van der Waals surface area (Å²) in [6.07, 6.45) is 0.485. The molecule has 1 unspecified atom stereocenters. The Hall–Kier alpha value is -3.20. The Kier molecular flexibility index (Phi) is 9.02. The van der Waals surface area contributed by atoms with Gasteiger partial charge in [0.05, 0.1) is 11.5 Å². The van der Waals surface area contributed by atoms with Gasteiger partial charge < -0.3 is 9.47 Å². The van der Waals surface area contributed by atoms with Crippen molar-refractivity contribution in [2.45, 2.75) is 25.2 Å². The number of nitro benzene ring substituents is 1. The van der Waals surface area contributed by atoms with Gasteiger partial charge in [-0.2, -0.15) is 0 Å². The van der Waals surface area contributed by atoms with Gasteiger partial charge in [0.15, 0.2) is 11.0 Å². The van der Waals surface area contributed by atoms with Gasteiger partial charge in [-0.3, -0.25) is 24.5 Å².